The molecule has 6 nitrogen and oxygen atoms in total. The molecule has 0 bridgehead atoms. The van der Waals surface area contributed by atoms with E-state index in [1.807, 2.05) is 12.1 Å². The van der Waals surface area contributed by atoms with Crippen molar-refractivity contribution in [3.05, 3.63) is 59.9 Å². The molecule has 0 spiro atoms. The number of hydrogen-bond acceptors (Lipinski definition) is 5. The number of nitrogens with one attached hydrogen (secondary N) is 1. The number of nitriles is 1. The van der Waals surface area contributed by atoms with Crippen LogP contribution < -0.4 is 4.72 Å². The van der Waals surface area contributed by atoms with Crippen molar-refractivity contribution in [1.82, 2.24) is 9.71 Å². The predicted molar refractivity (Wildman–Crippen MR) is 81.6 cm³/mol. The van der Waals surface area contributed by atoms with Crippen LogP contribution in [0.3, 0.4) is 0 Å². The van der Waals surface area contributed by atoms with Crippen molar-refractivity contribution in [2.45, 2.75) is 17.2 Å². The number of hydrogen-bond donors (Lipinski definition) is 1. The van der Waals surface area contributed by atoms with Crippen molar-refractivity contribution in [3.8, 4) is 6.07 Å². The predicted octanol–water partition coefficient (Wildman–Crippen LogP) is 1.56. The molecule has 1 fully saturated rings. The van der Waals surface area contributed by atoms with E-state index in [-0.39, 0.29) is 16.7 Å². The van der Waals surface area contributed by atoms with Crippen LogP contribution in [0.4, 0.5) is 0 Å². The summed E-state index contributed by atoms with van der Waals surface area (Å²) in [5, 5.41) is 8.72. The van der Waals surface area contributed by atoms with Gasteiger partial charge in [0.2, 0.25) is 5.91 Å². The SMILES string of the molecule is N#Cc1ccc(S(=O)(=O)NC(=O)[C@@H]2C[C@@H]2c2cccnc2)cc1. The van der Waals surface area contributed by atoms with Gasteiger partial charge in [0.15, 0.2) is 0 Å². The Morgan fingerprint density at radius 1 is 1.26 bits per heavy atom. The molecule has 1 saturated carbocycles. The molecule has 1 N–H and O–H groups in total. The van der Waals surface area contributed by atoms with E-state index in [4.69, 9.17) is 5.26 Å². The van der Waals surface area contributed by atoms with Crippen molar-refractivity contribution in [1.29, 1.82) is 5.26 Å². The van der Waals surface area contributed by atoms with Crippen LogP contribution in [0.15, 0.2) is 53.7 Å². The van der Waals surface area contributed by atoms with Crippen LogP contribution >= 0.6 is 0 Å². The third-order valence-electron chi connectivity index (χ3n) is 3.77. The van der Waals surface area contributed by atoms with Crippen molar-refractivity contribution in [2.24, 2.45) is 5.92 Å². The van der Waals surface area contributed by atoms with Gasteiger partial charge in [-0.05, 0) is 48.2 Å². The maximum absolute atomic E-state index is 12.2. The van der Waals surface area contributed by atoms with E-state index in [1.165, 1.54) is 24.3 Å². The third kappa shape index (κ3) is 3.22. The quantitative estimate of drug-likeness (QED) is 0.918. The van der Waals surface area contributed by atoms with Gasteiger partial charge < -0.3 is 0 Å². The summed E-state index contributed by atoms with van der Waals surface area (Å²) in [5.41, 5.74) is 1.29. The van der Waals surface area contributed by atoms with Gasteiger partial charge in [-0.2, -0.15) is 5.26 Å². The highest BCUT2D eigenvalue weighted by Crippen LogP contribution is 2.47. The Morgan fingerprint density at radius 3 is 2.61 bits per heavy atom. The second-order valence-electron chi connectivity index (χ2n) is 5.34. The number of sulfonamides is 1. The Bertz CT molecular complexity index is 871. The molecule has 1 aromatic carbocycles. The maximum Gasteiger partial charge on any atom is 0.264 e. The van der Waals surface area contributed by atoms with Crippen molar-refractivity contribution in [3.63, 3.8) is 0 Å². The molecule has 1 aliphatic rings. The smallest absolute Gasteiger partial charge is 0.264 e. The topological polar surface area (TPSA) is 99.9 Å². The lowest BCUT2D eigenvalue weighted by Crippen LogP contribution is -2.32. The van der Waals surface area contributed by atoms with Crippen LogP contribution in [0.25, 0.3) is 0 Å². The van der Waals surface area contributed by atoms with Crippen LogP contribution in [0.5, 0.6) is 0 Å². The van der Waals surface area contributed by atoms with Gasteiger partial charge >= 0.3 is 0 Å². The van der Waals surface area contributed by atoms with Gasteiger partial charge in [-0.1, -0.05) is 6.07 Å². The van der Waals surface area contributed by atoms with Crippen molar-refractivity contribution < 1.29 is 13.2 Å². The summed E-state index contributed by atoms with van der Waals surface area (Å²) in [6.45, 7) is 0. The van der Waals surface area contributed by atoms with Crippen molar-refractivity contribution >= 4 is 15.9 Å². The van der Waals surface area contributed by atoms with E-state index in [0.29, 0.717) is 12.0 Å². The number of pyridine rings is 1. The first-order valence-corrected chi connectivity index (χ1v) is 8.46. The Balaban J connectivity index is 1.69. The number of carbonyl (C=O) groups excluding carboxylic acids is 1. The lowest BCUT2D eigenvalue weighted by atomic mass is 10.1. The van der Waals surface area contributed by atoms with Gasteiger partial charge in [0.05, 0.1) is 16.5 Å². The molecular weight excluding hydrogens is 314 g/mol. The molecule has 1 amide bonds. The van der Waals surface area contributed by atoms with Crippen LogP contribution in [0, 0.1) is 17.2 Å². The Labute approximate surface area is 133 Å². The standard InChI is InChI=1S/C16H13N3O3S/c17-9-11-3-5-13(6-4-11)23(21,22)19-16(20)15-8-14(15)12-2-1-7-18-10-12/h1-7,10,14-15H,8H2,(H,19,20)/t14-,15-/m1/s1. The van der Waals surface area contributed by atoms with E-state index < -0.39 is 15.9 Å². The number of nitrogens with zero attached hydrogens (tertiary/aromatic N) is 2. The molecule has 3 rings (SSSR count). The lowest BCUT2D eigenvalue weighted by Gasteiger charge is -2.07. The lowest BCUT2D eigenvalue weighted by molar-refractivity contribution is -0.120. The fourth-order valence-electron chi connectivity index (χ4n) is 2.42. The molecule has 7 heteroatoms. The maximum atomic E-state index is 12.2. The molecule has 116 valence electrons. The average Bonchev–Trinajstić information content (AvgIpc) is 3.36. The monoisotopic (exact) mass is 327 g/mol. The molecule has 1 heterocycles. The van der Waals surface area contributed by atoms with Crippen LogP contribution in [0.2, 0.25) is 0 Å². The molecule has 1 aliphatic carbocycles. The Hall–Kier alpha value is -2.72. The summed E-state index contributed by atoms with van der Waals surface area (Å²) >= 11 is 0. The fraction of sp³-hybridized carbons (Fsp3) is 0.188. The van der Waals surface area contributed by atoms with Gasteiger partial charge in [-0.25, -0.2) is 13.1 Å². The van der Waals surface area contributed by atoms with Gasteiger partial charge in [-0.15, -0.1) is 0 Å². The van der Waals surface area contributed by atoms with Crippen LogP contribution in [-0.4, -0.2) is 19.3 Å². The number of rotatable bonds is 4. The second-order valence-corrected chi connectivity index (χ2v) is 7.02. The molecule has 2 aromatic rings. The first-order chi connectivity index (χ1) is 11.0. The zero-order valence-corrected chi connectivity index (χ0v) is 12.8. The Kier molecular flexibility index (Phi) is 3.84. The van der Waals surface area contributed by atoms with Gasteiger partial charge in [0, 0.05) is 18.3 Å². The molecule has 0 aliphatic heterocycles. The summed E-state index contributed by atoms with van der Waals surface area (Å²) in [7, 11) is -3.92. The highest BCUT2D eigenvalue weighted by atomic mass is 32.2. The Morgan fingerprint density at radius 2 is 2.00 bits per heavy atom. The largest absolute Gasteiger partial charge is 0.274 e. The molecule has 0 unspecified atom stereocenters. The number of amides is 1. The van der Waals surface area contributed by atoms with Crippen molar-refractivity contribution in [2.75, 3.05) is 0 Å². The molecular formula is C16H13N3O3S. The molecule has 1 aromatic heterocycles. The normalized spacial score (nSPS) is 19.6. The number of aromatic nitrogens is 1. The minimum absolute atomic E-state index is 0.0138. The molecule has 0 saturated heterocycles. The zero-order valence-electron chi connectivity index (χ0n) is 12.0. The molecule has 2 atom stereocenters. The first kappa shape index (κ1) is 15.2. The zero-order chi connectivity index (χ0) is 16.4. The van der Waals surface area contributed by atoms with Gasteiger partial charge in [0.1, 0.15) is 0 Å². The molecule has 23 heavy (non-hydrogen) atoms. The summed E-state index contributed by atoms with van der Waals surface area (Å²) in [6.07, 6.45) is 3.95. The highest BCUT2D eigenvalue weighted by Gasteiger charge is 2.45. The summed E-state index contributed by atoms with van der Waals surface area (Å²) < 4.78 is 26.5. The van der Waals surface area contributed by atoms with E-state index in [9.17, 15) is 13.2 Å². The number of benzene rings is 1. The second kappa shape index (κ2) is 5.82. The van der Waals surface area contributed by atoms with Gasteiger partial charge in [0.25, 0.3) is 10.0 Å². The van der Waals surface area contributed by atoms with E-state index >= 15 is 0 Å². The molecule has 0 radical (unpaired) electrons. The van der Waals surface area contributed by atoms with Gasteiger partial charge in [-0.3, -0.25) is 9.78 Å². The van der Waals surface area contributed by atoms with E-state index in [2.05, 4.69) is 9.71 Å². The first-order valence-electron chi connectivity index (χ1n) is 6.98. The summed E-state index contributed by atoms with van der Waals surface area (Å²) in [5.74, 6) is -0.851. The fourth-order valence-corrected chi connectivity index (χ4v) is 3.45. The van der Waals surface area contributed by atoms with E-state index in [0.717, 1.165) is 5.56 Å². The van der Waals surface area contributed by atoms with Crippen LogP contribution in [-0.2, 0) is 14.8 Å². The summed E-state index contributed by atoms with van der Waals surface area (Å²) in [4.78, 5) is 16.1. The van der Waals surface area contributed by atoms with E-state index in [1.54, 1.807) is 18.5 Å². The average molecular weight is 327 g/mol. The summed E-state index contributed by atoms with van der Waals surface area (Å²) in [6, 6.07) is 11.0. The van der Waals surface area contributed by atoms with Crippen LogP contribution in [0.1, 0.15) is 23.5 Å². The number of carbonyl (C=O) groups is 1. The third-order valence-corrected chi connectivity index (χ3v) is 5.13. The highest BCUT2D eigenvalue weighted by molar-refractivity contribution is 7.90. The minimum Gasteiger partial charge on any atom is -0.274 e. The minimum atomic E-state index is -3.92.